The zero-order valence-electron chi connectivity index (χ0n) is 9.03. The molecule has 0 radical (unpaired) electrons. The maximum Gasteiger partial charge on any atom is 0.208 e. The second-order valence-corrected chi connectivity index (χ2v) is 5.29. The van der Waals surface area contributed by atoms with Gasteiger partial charge in [-0.15, -0.1) is 0 Å². The van der Waals surface area contributed by atoms with E-state index in [0.717, 1.165) is 12.8 Å². The molecular weight excluding hydrogens is 214 g/mol. The first-order chi connectivity index (χ1) is 6.99. The van der Waals surface area contributed by atoms with Gasteiger partial charge >= 0.3 is 0 Å². The van der Waals surface area contributed by atoms with Crippen LogP contribution in [0.1, 0.15) is 5.69 Å². The van der Waals surface area contributed by atoms with Gasteiger partial charge in [0.1, 0.15) is 0 Å². The highest BCUT2D eigenvalue weighted by Crippen LogP contribution is 1.97. The Hall–Kier alpha value is -0.850. The van der Waals surface area contributed by atoms with E-state index < -0.39 is 10.0 Å². The van der Waals surface area contributed by atoms with Crippen LogP contribution in [0.4, 0.5) is 0 Å². The van der Waals surface area contributed by atoms with Crippen LogP contribution in [0.3, 0.4) is 0 Å². The van der Waals surface area contributed by atoms with Crippen molar-refractivity contribution in [1.29, 1.82) is 0 Å². The molecule has 0 spiro atoms. The van der Waals surface area contributed by atoms with Crippen molar-refractivity contribution in [3.8, 4) is 0 Å². The molecule has 0 amide bonds. The van der Waals surface area contributed by atoms with E-state index in [1.165, 1.54) is 5.69 Å². The summed E-state index contributed by atoms with van der Waals surface area (Å²) in [5.41, 5.74) is 1.18. The molecule has 0 bridgehead atoms. The number of nitrogens with one attached hydrogen (secondary N) is 2. The maximum absolute atomic E-state index is 10.7. The lowest BCUT2D eigenvalue weighted by Gasteiger charge is -2.06. The summed E-state index contributed by atoms with van der Waals surface area (Å²) in [5.74, 6) is 0. The summed E-state index contributed by atoms with van der Waals surface area (Å²) in [6.07, 6.45) is 3.13. The molecule has 0 atom stereocenters. The molecule has 0 aromatic carbocycles. The van der Waals surface area contributed by atoms with Crippen molar-refractivity contribution in [3.05, 3.63) is 24.0 Å². The summed E-state index contributed by atoms with van der Waals surface area (Å²) < 4.78 is 25.9. The van der Waals surface area contributed by atoms with Crippen LogP contribution in [0.2, 0.25) is 0 Å². The zero-order chi connectivity index (χ0) is 11.3. The van der Waals surface area contributed by atoms with Gasteiger partial charge in [0.05, 0.1) is 6.26 Å². The summed E-state index contributed by atoms with van der Waals surface area (Å²) >= 11 is 0. The van der Waals surface area contributed by atoms with Gasteiger partial charge in [0.25, 0.3) is 0 Å². The molecule has 1 aromatic rings. The van der Waals surface area contributed by atoms with Gasteiger partial charge in [0, 0.05) is 38.6 Å². The zero-order valence-corrected chi connectivity index (χ0v) is 9.84. The van der Waals surface area contributed by atoms with E-state index in [9.17, 15) is 8.42 Å². The van der Waals surface area contributed by atoms with Crippen LogP contribution >= 0.6 is 0 Å². The molecule has 0 aliphatic heterocycles. The fraction of sp³-hybridized carbons (Fsp3) is 0.556. The highest BCUT2D eigenvalue weighted by atomic mass is 32.2. The first-order valence-electron chi connectivity index (χ1n) is 4.74. The van der Waals surface area contributed by atoms with E-state index in [1.807, 2.05) is 29.9 Å². The van der Waals surface area contributed by atoms with Crippen molar-refractivity contribution in [2.45, 2.75) is 6.54 Å². The van der Waals surface area contributed by atoms with Crippen LogP contribution in [-0.2, 0) is 23.6 Å². The number of aromatic nitrogens is 1. The Bertz CT molecular complexity index is 397. The predicted molar refractivity (Wildman–Crippen MR) is 60.0 cm³/mol. The Morgan fingerprint density at radius 3 is 2.67 bits per heavy atom. The monoisotopic (exact) mass is 231 g/mol. The predicted octanol–water partition coefficient (Wildman–Crippen LogP) is -0.336. The fourth-order valence-corrected chi connectivity index (χ4v) is 1.69. The normalized spacial score (nSPS) is 11.9. The van der Waals surface area contributed by atoms with Gasteiger partial charge in [-0.2, -0.15) is 0 Å². The van der Waals surface area contributed by atoms with Crippen molar-refractivity contribution in [3.63, 3.8) is 0 Å². The van der Waals surface area contributed by atoms with E-state index in [0.29, 0.717) is 13.1 Å². The Balaban J connectivity index is 2.15. The largest absolute Gasteiger partial charge is 0.353 e. The van der Waals surface area contributed by atoms with Crippen LogP contribution in [0.25, 0.3) is 0 Å². The summed E-state index contributed by atoms with van der Waals surface area (Å²) in [5, 5.41) is 3.15. The van der Waals surface area contributed by atoms with Gasteiger partial charge in [-0.25, -0.2) is 13.1 Å². The first kappa shape index (κ1) is 12.2. The van der Waals surface area contributed by atoms with Crippen LogP contribution in [-0.4, -0.2) is 32.3 Å². The minimum atomic E-state index is -3.06. The highest BCUT2D eigenvalue weighted by Gasteiger charge is 1.99. The van der Waals surface area contributed by atoms with Crippen molar-refractivity contribution in [2.75, 3.05) is 19.3 Å². The molecular formula is C9H17N3O2S. The van der Waals surface area contributed by atoms with E-state index in [2.05, 4.69) is 10.0 Å². The Labute approximate surface area is 90.5 Å². The van der Waals surface area contributed by atoms with Crippen molar-refractivity contribution in [1.82, 2.24) is 14.6 Å². The number of nitrogens with zero attached hydrogens (tertiary/aromatic N) is 1. The second-order valence-electron chi connectivity index (χ2n) is 3.45. The van der Waals surface area contributed by atoms with Crippen LogP contribution in [0, 0.1) is 0 Å². The Morgan fingerprint density at radius 1 is 1.40 bits per heavy atom. The number of hydrogen-bond donors (Lipinski definition) is 2. The maximum atomic E-state index is 10.7. The van der Waals surface area contributed by atoms with Gasteiger partial charge in [-0.1, -0.05) is 0 Å². The number of hydrogen-bond acceptors (Lipinski definition) is 3. The van der Waals surface area contributed by atoms with Crippen LogP contribution in [0.5, 0.6) is 0 Å². The van der Waals surface area contributed by atoms with Gasteiger partial charge in [-0.05, 0) is 12.1 Å². The summed E-state index contributed by atoms with van der Waals surface area (Å²) in [7, 11) is -1.08. The molecule has 1 aromatic heterocycles. The lowest BCUT2D eigenvalue weighted by molar-refractivity contribution is 0.580. The standard InChI is InChI=1S/C9H17N3O2S/c1-12-7-3-4-9(12)8-10-5-6-11-15(2,13)14/h3-4,7,10-11H,5-6,8H2,1-2H3. The minimum Gasteiger partial charge on any atom is -0.353 e. The van der Waals surface area contributed by atoms with E-state index in [1.54, 1.807) is 0 Å². The third kappa shape index (κ3) is 4.96. The average molecular weight is 231 g/mol. The van der Waals surface area contributed by atoms with Crippen molar-refractivity contribution >= 4 is 10.0 Å². The third-order valence-electron chi connectivity index (χ3n) is 2.02. The fourth-order valence-electron chi connectivity index (χ4n) is 1.22. The molecule has 0 unspecified atom stereocenters. The van der Waals surface area contributed by atoms with Gasteiger partial charge in [0.15, 0.2) is 0 Å². The van der Waals surface area contributed by atoms with Gasteiger partial charge in [0.2, 0.25) is 10.0 Å². The van der Waals surface area contributed by atoms with Gasteiger partial charge < -0.3 is 9.88 Å². The SMILES string of the molecule is Cn1cccc1CNCCNS(C)(=O)=O. The van der Waals surface area contributed by atoms with Crippen LogP contribution < -0.4 is 10.0 Å². The molecule has 5 nitrogen and oxygen atoms in total. The topological polar surface area (TPSA) is 63.1 Å². The molecule has 0 saturated heterocycles. The molecule has 86 valence electrons. The average Bonchev–Trinajstić information content (AvgIpc) is 2.49. The molecule has 2 N–H and O–H groups in total. The van der Waals surface area contributed by atoms with E-state index in [-0.39, 0.29) is 0 Å². The summed E-state index contributed by atoms with van der Waals surface area (Å²) in [4.78, 5) is 0. The van der Waals surface area contributed by atoms with Crippen molar-refractivity contribution < 1.29 is 8.42 Å². The lowest BCUT2D eigenvalue weighted by Crippen LogP contribution is -2.31. The smallest absolute Gasteiger partial charge is 0.208 e. The number of sulfonamides is 1. The molecule has 1 heterocycles. The second kappa shape index (κ2) is 5.29. The molecule has 0 aliphatic carbocycles. The summed E-state index contributed by atoms with van der Waals surface area (Å²) in [6, 6.07) is 4.00. The molecule has 15 heavy (non-hydrogen) atoms. The summed E-state index contributed by atoms with van der Waals surface area (Å²) in [6.45, 7) is 1.79. The molecule has 0 saturated carbocycles. The lowest BCUT2D eigenvalue weighted by atomic mass is 10.4. The number of aryl methyl sites for hydroxylation is 1. The quantitative estimate of drug-likeness (QED) is 0.659. The van der Waals surface area contributed by atoms with E-state index in [4.69, 9.17) is 0 Å². The molecule has 0 fully saturated rings. The molecule has 0 aliphatic rings. The van der Waals surface area contributed by atoms with Crippen molar-refractivity contribution in [2.24, 2.45) is 7.05 Å². The van der Waals surface area contributed by atoms with E-state index >= 15 is 0 Å². The Kier molecular flexibility index (Phi) is 4.31. The Morgan fingerprint density at radius 2 is 2.13 bits per heavy atom. The highest BCUT2D eigenvalue weighted by molar-refractivity contribution is 7.88. The third-order valence-corrected chi connectivity index (χ3v) is 2.75. The minimum absolute atomic E-state index is 0.420. The first-order valence-corrected chi connectivity index (χ1v) is 6.64. The van der Waals surface area contributed by atoms with Gasteiger partial charge in [-0.3, -0.25) is 0 Å². The molecule has 1 rings (SSSR count). The van der Waals surface area contributed by atoms with Crippen LogP contribution in [0.15, 0.2) is 18.3 Å². The number of rotatable bonds is 6. The molecule has 6 heteroatoms.